The van der Waals surface area contributed by atoms with Gasteiger partial charge in [-0.2, -0.15) is 0 Å². The highest BCUT2D eigenvalue weighted by Crippen LogP contribution is 2.46. The monoisotopic (exact) mass is 253 g/mol. The van der Waals surface area contributed by atoms with Crippen molar-refractivity contribution < 1.29 is 0 Å². The van der Waals surface area contributed by atoms with Gasteiger partial charge in [0.1, 0.15) is 0 Å². The minimum atomic E-state index is 0.336. The summed E-state index contributed by atoms with van der Waals surface area (Å²) in [6.07, 6.45) is 2.64. The number of likely N-dealkylation sites (N-methyl/N-ethyl adjacent to an activating group) is 1. The van der Waals surface area contributed by atoms with Crippen molar-refractivity contribution in [3.8, 4) is 0 Å². The molecule has 2 rings (SSSR count). The molecule has 0 bridgehead atoms. The van der Waals surface area contributed by atoms with Crippen LogP contribution < -0.4 is 5.73 Å². The minimum Gasteiger partial charge on any atom is -0.329 e. The van der Waals surface area contributed by atoms with Gasteiger partial charge in [-0.25, -0.2) is 0 Å². The molecular formula is C15H31N3. The second kappa shape index (κ2) is 5.48. The van der Waals surface area contributed by atoms with Crippen molar-refractivity contribution in [2.45, 2.75) is 52.1 Å². The van der Waals surface area contributed by atoms with E-state index >= 15 is 0 Å². The molecule has 1 saturated heterocycles. The highest BCUT2D eigenvalue weighted by atomic mass is 15.3. The van der Waals surface area contributed by atoms with Crippen LogP contribution in [-0.4, -0.2) is 54.1 Å². The van der Waals surface area contributed by atoms with Gasteiger partial charge < -0.3 is 5.73 Å². The maximum atomic E-state index is 6.12. The summed E-state index contributed by atoms with van der Waals surface area (Å²) >= 11 is 0. The lowest BCUT2D eigenvalue weighted by atomic mass is 9.63. The molecule has 2 N–H and O–H groups in total. The van der Waals surface area contributed by atoms with Crippen molar-refractivity contribution in [2.75, 3.05) is 32.7 Å². The highest BCUT2D eigenvalue weighted by Gasteiger charge is 2.49. The van der Waals surface area contributed by atoms with Crippen molar-refractivity contribution in [3.63, 3.8) is 0 Å². The van der Waals surface area contributed by atoms with E-state index in [1.807, 2.05) is 0 Å². The molecule has 0 amide bonds. The van der Waals surface area contributed by atoms with Crippen LogP contribution in [0.5, 0.6) is 0 Å². The van der Waals surface area contributed by atoms with Gasteiger partial charge in [0.2, 0.25) is 0 Å². The molecular weight excluding hydrogens is 222 g/mol. The van der Waals surface area contributed by atoms with Gasteiger partial charge in [0.25, 0.3) is 0 Å². The fraction of sp³-hybridized carbons (Fsp3) is 1.00. The maximum Gasteiger partial charge on any atom is 0.0338 e. The molecule has 0 radical (unpaired) electrons. The zero-order chi connectivity index (χ0) is 13.3. The summed E-state index contributed by atoms with van der Waals surface area (Å²) < 4.78 is 0. The molecule has 0 aromatic carbocycles. The van der Waals surface area contributed by atoms with E-state index in [4.69, 9.17) is 5.73 Å². The van der Waals surface area contributed by atoms with E-state index < -0.39 is 0 Å². The minimum absolute atomic E-state index is 0.336. The number of piperazine rings is 1. The third kappa shape index (κ3) is 2.45. The van der Waals surface area contributed by atoms with E-state index in [1.54, 1.807) is 0 Å². The normalized spacial score (nSPS) is 39.0. The molecule has 3 nitrogen and oxygen atoms in total. The Morgan fingerprint density at radius 1 is 1.28 bits per heavy atom. The van der Waals surface area contributed by atoms with Crippen LogP contribution in [0, 0.1) is 11.8 Å². The van der Waals surface area contributed by atoms with E-state index in [1.165, 1.54) is 39.0 Å². The Kier molecular flexibility index (Phi) is 4.35. The van der Waals surface area contributed by atoms with E-state index in [0.29, 0.717) is 11.6 Å². The van der Waals surface area contributed by atoms with Gasteiger partial charge in [-0.1, -0.05) is 20.8 Å². The van der Waals surface area contributed by atoms with Crippen LogP contribution in [0.25, 0.3) is 0 Å². The molecule has 18 heavy (non-hydrogen) atoms. The first kappa shape index (κ1) is 14.3. The number of rotatable bonds is 4. The first-order valence-electron chi connectivity index (χ1n) is 7.71. The zero-order valence-corrected chi connectivity index (χ0v) is 12.7. The van der Waals surface area contributed by atoms with Crippen LogP contribution in [0.3, 0.4) is 0 Å². The Hall–Kier alpha value is -0.120. The Balaban J connectivity index is 1.95. The predicted octanol–water partition coefficient (Wildman–Crippen LogP) is 1.78. The summed E-state index contributed by atoms with van der Waals surface area (Å²) in [5, 5.41) is 0. The molecule has 0 aromatic rings. The summed E-state index contributed by atoms with van der Waals surface area (Å²) in [5.41, 5.74) is 6.46. The van der Waals surface area contributed by atoms with Gasteiger partial charge in [0.15, 0.2) is 0 Å². The van der Waals surface area contributed by atoms with E-state index in [9.17, 15) is 0 Å². The van der Waals surface area contributed by atoms with Crippen molar-refractivity contribution in [2.24, 2.45) is 17.6 Å². The van der Waals surface area contributed by atoms with Gasteiger partial charge >= 0.3 is 0 Å². The van der Waals surface area contributed by atoms with Crippen molar-refractivity contribution in [1.82, 2.24) is 9.80 Å². The van der Waals surface area contributed by atoms with Crippen molar-refractivity contribution in [3.05, 3.63) is 0 Å². The summed E-state index contributed by atoms with van der Waals surface area (Å²) in [6.45, 7) is 15.0. The fourth-order valence-corrected chi connectivity index (χ4v) is 3.84. The molecule has 0 aromatic heterocycles. The highest BCUT2D eigenvalue weighted by molar-refractivity contribution is 5.05. The summed E-state index contributed by atoms with van der Waals surface area (Å²) in [4.78, 5) is 5.28. The Bertz CT molecular complexity index is 271. The first-order chi connectivity index (χ1) is 8.52. The quantitative estimate of drug-likeness (QED) is 0.829. The summed E-state index contributed by atoms with van der Waals surface area (Å²) in [5.74, 6) is 1.71. The molecule has 0 spiro atoms. The number of hydrogen-bond acceptors (Lipinski definition) is 3. The largest absolute Gasteiger partial charge is 0.329 e. The third-order valence-corrected chi connectivity index (χ3v) is 5.45. The number of nitrogens with two attached hydrogens (primary N) is 1. The van der Waals surface area contributed by atoms with Crippen LogP contribution in [0.2, 0.25) is 0 Å². The van der Waals surface area contributed by atoms with E-state index in [2.05, 4.69) is 37.5 Å². The molecule has 1 aliphatic heterocycles. The Labute approximate surface area is 113 Å². The first-order valence-corrected chi connectivity index (χ1v) is 7.71. The number of nitrogens with zero attached hydrogens (tertiary/aromatic N) is 2. The fourth-order valence-electron chi connectivity index (χ4n) is 3.84. The Morgan fingerprint density at radius 2 is 1.94 bits per heavy atom. The van der Waals surface area contributed by atoms with Gasteiger partial charge in [0, 0.05) is 37.8 Å². The zero-order valence-electron chi connectivity index (χ0n) is 12.7. The molecule has 1 heterocycles. The molecule has 3 heteroatoms. The van der Waals surface area contributed by atoms with Gasteiger partial charge in [-0.15, -0.1) is 0 Å². The molecule has 1 saturated carbocycles. The molecule has 1 unspecified atom stereocenters. The standard InChI is InChI=1S/C15H31N3/c1-5-17-6-7-18(10-13(17)4)15(11-16)8-14(9-15)12(2)3/h12-14H,5-11,16H2,1-4H3. The van der Waals surface area contributed by atoms with Crippen molar-refractivity contribution >= 4 is 0 Å². The summed E-state index contributed by atoms with van der Waals surface area (Å²) in [6, 6.07) is 0.685. The lowest BCUT2D eigenvalue weighted by Gasteiger charge is -2.58. The topological polar surface area (TPSA) is 32.5 Å². The maximum absolute atomic E-state index is 6.12. The van der Waals surface area contributed by atoms with Gasteiger partial charge in [-0.3, -0.25) is 9.80 Å². The van der Waals surface area contributed by atoms with Crippen LogP contribution in [0.1, 0.15) is 40.5 Å². The van der Waals surface area contributed by atoms with Gasteiger partial charge in [-0.05, 0) is 38.1 Å². The van der Waals surface area contributed by atoms with E-state index in [-0.39, 0.29) is 0 Å². The SMILES string of the molecule is CCN1CCN(C2(CN)CC(C(C)C)C2)CC1C. The predicted molar refractivity (Wildman–Crippen MR) is 77.6 cm³/mol. The Morgan fingerprint density at radius 3 is 2.39 bits per heavy atom. The second-order valence-corrected chi connectivity index (χ2v) is 6.76. The number of hydrogen-bond donors (Lipinski definition) is 1. The van der Waals surface area contributed by atoms with E-state index in [0.717, 1.165) is 18.4 Å². The van der Waals surface area contributed by atoms with Crippen LogP contribution in [-0.2, 0) is 0 Å². The van der Waals surface area contributed by atoms with Gasteiger partial charge in [0.05, 0.1) is 0 Å². The van der Waals surface area contributed by atoms with Crippen LogP contribution >= 0.6 is 0 Å². The molecule has 2 fully saturated rings. The second-order valence-electron chi connectivity index (χ2n) is 6.76. The molecule has 1 atom stereocenters. The molecule has 1 aliphatic carbocycles. The third-order valence-electron chi connectivity index (χ3n) is 5.45. The lowest BCUT2D eigenvalue weighted by Crippen LogP contribution is -2.67. The molecule has 2 aliphatic rings. The molecule has 106 valence electrons. The average molecular weight is 253 g/mol. The lowest BCUT2D eigenvalue weighted by molar-refractivity contribution is -0.0690. The summed E-state index contributed by atoms with van der Waals surface area (Å²) in [7, 11) is 0. The van der Waals surface area contributed by atoms with Crippen LogP contribution in [0.15, 0.2) is 0 Å². The average Bonchev–Trinajstić information content (AvgIpc) is 2.28. The smallest absolute Gasteiger partial charge is 0.0338 e. The van der Waals surface area contributed by atoms with Crippen molar-refractivity contribution in [1.29, 1.82) is 0 Å². The van der Waals surface area contributed by atoms with Crippen LogP contribution in [0.4, 0.5) is 0 Å².